The van der Waals surface area contributed by atoms with Gasteiger partial charge in [0.2, 0.25) is 0 Å². The van der Waals surface area contributed by atoms with Crippen LogP contribution in [0, 0.1) is 0 Å². The summed E-state index contributed by atoms with van der Waals surface area (Å²) in [5, 5.41) is -0.0338. The van der Waals surface area contributed by atoms with Gasteiger partial charge >= 0.3 is 11.9 Å². The summed E-state index contributed by atoms with van der Waals surface area (Å²) in [6.07, 6.45) is 1.22. The van der Waals surface area contributed by atoms with Crippen LogP contribution in [-0.2, 0) is 19.1 Å². The molecule has 2 rings (SSSR count). The highest BCUT2D eigenvalue weighted by Gasteiger charge is 2.15. The number of hydrogen-bond acceptors (Lipinski definition) is 6. The van der Waals surface area contributed by atoms with Gasteiger partial charge in [0.15, 0.2) is 0 Å². The van der Waals surface area contributed by atoms with Crippen molar-refractivity contribution in [1.29, 1.82) is 0 Å². The molecule has 4 nitrogen and oxygen atoms in total. The Labute approximate surface area is 183 Å². The van der Waals surface area contributed by atoms with E-state index in [2.05, 4.69) is 25.3 Å². The summed E-state index contributed by atoms with van der Waals surface area (Å²) in [6.45, 7) is 1.77. The molecule has 0 bridgehead atoms. The molecule has 6 heteroatoms. The molecule has 0 amide bonds. The zero-order valence-electron chi connectivity index (χ0n) is 16.6. The van der Waals surface area contributed by atoms with E-state index in [4.69, 9.17) is 9.47 Å². The Morgan fingerprint density at radius 2 is 1.24 bits per heavy atom. The predicted octanol–water partition coefficient (Wildman–Crippen LogP) is 5.36. The summed E-state index contributed by atoms with van der Waals surface area (Å²) in [5.41, 5.74) is 2.15. The van der Waals surface area contributed by atoms with Crippen LogP contribution in [0.5, 0.6) is 0 Å². The molecule has 0 radical (unpaired) electrons. The SMILES string of the molecule is CC(COC(=O)CCC(S)c1ccccc1)OC(=O)CCC(S)c1ccccc1. The first-order chi connectivity index (χ1) is 14.0. The molecule has 0 aliphatic rings. The van der Waals surface area contributed by atoms with E-state index in [1.54, 1.807) is 6.92 Å². The van der Waals surface area contributed by atoms with E-state index in [1.807, 2.05) is 60.7 Å². The largest absolute Gasteiger partial charge is 0.462 e. The van der Waals surface area contributed by atoms with Crippen LogP contribution >= 0.6 is 25.3 Å². The number of rotatable bonds is 11. The molecule has 2 aromatic rings. The highest BCUT2D eigenvalue weighted by Crippen LogP contribution is 2.26. The molecule has 0 aliphatic heterocycles. The molecule has 3 atom stereocenters. The van der Waals surface area contributed by atoms with Crippen molar-refractivity contribution in [2.45, 2.75) is 49.2 Å². The molecular formula is C23H28O4S2. The maximum Gasteiger partial charge on any atom is 0.306 e. The fourth-order valence-corrected chi connectivity index (χ4v) is 3.40. The van der Waals surface area contributed by atoms with E-state index in [-0.39, 0.29) is 41.9 Å². The molecule has 0 fully saturated rings. The van der Waals surface area contributed by atoms with Gasteiger partial charge in [0, 0.05) is 23.3 Å². The highest BCUT2D eigenvalue weighted by atomic mass is 32.1. The molecule has 0 aliphatic carbocycles. The molecule has 0 aromatic heterocycles. The van der Waals surface area contributed by atoms with Crippen molar-refractivity contribution in [3.63, 3.8) is 0 Å². The number of carbonyl (C=O) groups excluding carboxylic acids is 2. The van der Waals surface area contributed by atoms with Crippen molar-refractivity contribution >= 4 is 37.2 Å². The topological polar surface area (TPSA) is 52.6 Å². The van der Waals surface area contributed by atoms with E-state index in [1.165, 1.54) is 0 Å². The van der Waals surface area contributed by atoms with Crippen molar-refractivity contribution in [1.82, 2.24) is 0 Å². The third-order valence-corrected chi connectivity index (χ3v) is 5.54. The molecule has 29 heavy (non-hydrogen) atoms. The van der Waals surface area contributed by atoms with Gasteiger partial charge in [-0.25, -0.2) is 0 Å². The molecule has 0 saturated carbocycles. The van der Waals surface area contributed by atoms with Gasteiger partial charge in [-0.2, -0.15) is 25.3 Å². The molecule has 156 valence electrons. The monoisotopic (exact) mass is 432 g/mol. The van der Waals surface area contributed by atoms with Gasteiger partial charge in [-0.05, 0) is 30.9 Å². The highest BCUT2D eigenvalue weighted by molar-refractivity contribution is 7.80. The Bertz CT molecular complexity index is 752. The van der Waals surface area contributed by atoms with E-state index < -0.39 is 6.10 Å². The average Bonchev–Trinajstić information content (AvgIpc) is 2.75. The van der Waals surface area contributed by atoms with Crippen LogP contribution in [-0.4, -0.2) is 24.6 Å². The minimum absolute atomic E-state index is 0.0159. The number of ether oxygens (including phenoxy) is 2. The maximum absolute atomic E-state index is 12.0. The lowest BCUT2D eigenvalue weighted by Crippen LogP contribution is -2.22. The van der Waals surface area contributed by atoms with Crippen molar-refractivity contribution in [2.24, 2.45) is 0 Å². The standard InChI is InChI=1S/C23H28O4S2/c1-17(27-23(25)15-13-21(29)19-10-6-3-7-11-19)16-26-22(24)14-12-20(28)18-8-4-2-5-9-18/h2-11,17,20-21,28-29H,12-16H2,1H3. The summed E-state index contributed by atoms with van der Waals surface area (Å²) in [6, 6.07) is 19.6. The van der Waals surface area contributed by atoms with Gasteiger partial charge in [0.1, 0.15) is 12.7 Å². The van der Waals surface area contributed by atoms with E-state index in [0.29, 0.717) is 12.8 Å². The van der Waals surface area contributed by atoms with Crippen LogP contribution in [0.15, 0.2) is 60.7 Å². The van der Waals surface area contributed by atoms with E-state index in [0.717, 1.165) is 11.1 Å². The minimum atomic E-state index is -0.484. The van der Waals surface area contributed by atoms with Gasteiger partial charge in [0.05, 0.1) is 0 Å². The predicted molar refractivity (Wildman–Crippen MR) is 121 cm³/mol. The number of esters is 2. The van der Waals surface area contributed by atoms with Crippen LogP contribution < -0.4 is 0 Å². The number of benzene rings is 2. The van der Waals surface area contributed by atoms with Crippen LogP contribution in [0.1, 0.15) is 54.2 Å². The lowest BCUT2D eigenvalue weighted by atomic mass is 10.1. The molecule has 0 N–H and O–H groups in total. The quantitative estimate of drug-likeness (QED) is 0.371. The maximum atomic E-state index is 12.0. The van der Waals surface area contributed by atoms with Crippen molar-refractivity contribution in [2.75, 3.05) is 6.61 Å². The first-order valence-corrected chi connectivity index (χ1v) is 10.8. The van der Waals surface area contributed by atoms with E-state index >= 15 is 0 Å². The Morgan fingerprint density at radius 3 is 1.72 bits per heavy atom. The molecule has 0 heterocycles. The second-order valence-electron chi connectivity index (χ2n) is 6.91. The Balaban J connectivity index is 1.61. The summed E-state index contributed by atoms with van der Waals surface area (Å²) in [7, 11) is 0. The smallest absolute Gasteiger partial charge is 0.306 e. The first-order valence-electron chi connectivity index (χ1n) is 9.77. The molecule has 3 unspecified atom stereocenters. The molecular weight excluding hydrogens is 404 g/mol. The van der Waals surface area contributed by atoms with Crippen molar-refractivity contribution in [3.8, 4) is 0 Å². The molecule has 2 aromatic carbocycles. The fraction of sp³-hybridized carbons (Fsp3) is 0.391. The lowest BCUT2D eigenvalue weighted by molar-refractivity contribution is -0.158. The number of carbonyl (C=O) groups is 2. The third kappa shape index (κ3) is 8.96. The zero-order valence-corrected chi connectivity index (χ0v) is 18.4. The Hall–Kier alpha value is -1.92. The zero-order chi connectivity index (χ0) is 21.1. The fourth-order valence-electron chi connectivity index (χ4n) is 2.79. The first kappa shape index (κ1) is 23.4. The number of hydrogen-bond donors (Lipinski definition) is 2. The van der Waals surface area contributed by atoms with E-state index in [9.17, 15) is 9.59 Å². The van der Waals surface area contributed by atoms with Gasteiger partial charge in [-0.1, -0.05) is 60.7 Å². The summed E-state index contributed by atoms with van der Waals surface area (Å²) in [5.74, 6) is -0.634. The Morgan fingerprint density at radius 1 is 0.793 bits per heavy atom. The number of thiol groups is 2. The third-order valence-electron chi connectivity index (χ3n) is 4.42. The van der Waals surface area contributed by atoms with Crippen LogP contribution in [0.2, 0.25) is 0 Å². The van der Waals surface area contributed by atoms with Gasteiger partial charge < -0.3 is 9.47 Å². The average molecular weight is 433 g/mol. The summed E-state index contributed by atoms with van der Waals surface area (Å²) in [4.78, 5) is 23.9. The second-order valence-corrected chi connectivity index (χ2v) is 8.16. The summed E-state index contributed by atoms with van der Waals surface area (Å²) < 4.78 is 10.5. The molecule has 0 saturated heterocycles. The summed E-state index contributed by atoms with van der Waals surface area (Å²) >= 11 is 9.07. The minimum Gasteiger partial charge on any atom is -0.462 e. The van der Waals surface area contributed by atoms with Gasteiger partial charge in [-0.3, -0.25) is 9.59 Å². The van der Waals surface area contributed by atoms with Crippen molar-refractivity contribution in [3.05, 3.63) is 71.8 Å². The van der Waals surface area contributed by atoms with Crippen LogP contribution in [0.4, 0.5) is 0 Å². The van der Waals surface area contributed by atoms with Gasteiger partial charge in [-0.15, -0.1) is 0 Å². The normalized spacial score (nSPS) is 13.9. The van der Waals surface area contributed by atoms with Gasteiger partial charge in [0.25, 0.3) is 0 Å². The Kier molecular flexibility index (Phi) is 10.2. The lowest BCUT2D eigenvalue weighted by Gasteiger charge is -2.15. The molecule has 0 spiro atoms. The van der Waals surface area contributed by atoms with Crippen molar-refractivity contribution < 1.29 is 19.1 Å². The van der Waals surface area contributed by atoms with Crippen LogP contribution in [0.3, 0.4) is 0 Å². The van der Waals surface area contributed by atoms with Crippen LogP contribution in [0.25, 0.3) is 0 Å². The second kappa shape index (κ2) is 12.6.